The van der Waals surface area contributed by atoms with Crippen molar-refractivity contribution in [2.75, 3.05) is 13.2 Å². The molecule has 3 rings (SSSR count). The monoisotopic (exact) mass is 388 g/mol. The fraction of sp³-hybridized carbons (Fsp3) is 0.158. The Morgan fingerprint density at radius 2 is 2.00 bits per heavy atom. The highest BCUT2D eigenvalue weighted by Crippen LogP contribution is 2.21. The molecule has 27 heavy (non-hydrogen) atoms. The summed E-state index contributed by atoms with van der Waals surface area (Å²) in [6.07, 6.45) is 0.289. The Labute approximate surface area is 159 Å². The number of fused-ring (bicyclic) bond motifs is 1. The number of carbonyl (C=O) groups is 1. The van der Waals surface area contributed by atoms with Gasteiger partial charge >= 0.3 is 5.97 Å². The van der Waals surface area contributed by atoms with E-state index >= 15 is 0 Å². The molecule has 0 fully saturated rings. The molecule has 140 valence electrons. The average Bonchev–Trinajstić information content (AvgIpc) is 2.68. The lowest BCUT2D eigenvalue weighted by molar-refractivity contribution is 0.00939. The van der Waals surface area contributed by atoms with Crippen LogP contribution in [0.5, 0.6) is 0 Å². The molecular formula is C19H17ClN2O5. The summed E-state index contributed by atoms with van der Waals surface area (Å²) >= 11 is 5.99. The van der Waals surface area contributed by atoms with Crippen LogP contribution in [0.15, 0.2) is 59.7 Å². The van der Waals surface area contributed by atoms with Gasteiger partial charge in [-0.3, -0.25) is 0 Å². The van der Waals surface area contributed by atoms with Crippen LogP contribution >= 0.6 is 11.6 Å². The highest BCUT2D eigenvalue weighted by Gasteiger charge is 2.14. The molecule has 0 aliphatic heterocycles. The topological polar surface area (TPSA) is 104 Å². The number of para-hydroxylation sites is 1. The zero-order valence-electron chi connectivity index (χ0n) is 14.1. The average molecular weight is 389 g/mol. The van der Waals surface area contributed by atoms with E-state index in [1.165, 1.54) is 6.20 Å². The fourth-order valence-electron chi connectivity index (χ4n) is 2.50. The molecule has 0 bridgehead atoms. The van der Waals surface area contributed by atoms with Gasteiger partial charge in [0.25, 0.3) is 0 Å². The number of hydrogen-bond acceptors (Lipinski definition) is 6. The third-order valence-corrected chi connectivity index (χ3v) is 4.07. The van der Waals surface area contributed by atoms with Gasteiger partial charge in [-0.25, -0.2) is 9.79 Å². The maximum absolute atomic E-state index is 12.3. The number of halogens is 1. The van der Waals surface area contributed by atoms with Crippen LogP contribution in [-0.2, 0) is 4.74 Å². The second kappa shape index (κ2) is 8.22. The Balaban J connectivity index is 2.05. The Hall–Kier alpha value is -2.87. The highest BCUT2D eigenvalue weighted by molar-refractivity contribution is 6.31. The van der Waals surface area contributed by atoms with Crippen molar-refractivity contribution in [2.45, 2.75) is 6.10 Å². The first-order valence-electron chi connectivity index (χ1n) is 8.09. The number of carbonyl (C=O) groups excluding carboxylic acids is 1. The summed E-state index contributed by atoms with van der Waals surface area (Å²) in [5.41, 5.74) is 1.05. The van der Waals surface area contributed by atoms with Crippen molar-refractivity contribution >= 4 is 34.2 Å². The second-order valence-corrected chi connectivity index (χ2v) is 6.21. The first-order chi connectivity index (χ1) is 13.0. The van der Waals surface area contributed by atoms with E-state index in [1.807, 2.05) is 0 Å². The first-order valence-corrected chi connectivity index (χ1v) is 8.47. The van der Waals surface area contributed by atoms with Gasteiger partial charge in [0.15, 0.2) is 0 Å². The summed E-state index contributed by atoms with van der Waals surface area (Å²) in [6, 6.07) is 13.2. The van der Waals surface area contributed by atoms with Gasteiger partial charge in [-0.2, -0.15) is 4.73 Å². The summed E-state index contributed by atoms with van der Waals surface area (Å²) in [4.78, 5) is 16.8. The number of aliphatic hydroxyl groups is 2. The maximum Gasteiger partial charge on any atom is 0.340 e. The van der Waals surface area contributed by atoms with E-state index in [9.17, 15) is 15.1 Å². The zero-order valence-corrected chi connectivity index (χ0v) is 14.9. The predicted octanol–water partition coefficient (Wildman–Crippen LogP) is 2.27. The number of pyridine rings is 1. The van der Waals surface area contributed by atoms with Gasteiger partial charge in [0.2, 0.25) is 0 Å². The number of nitrogens with zero attached hydrogens (tertiary/aromatic N) is 2. The molecule has 0 saturated heterocycles. The molecule has 0 saturated carbocycles. The first kappa shape index (κ1) is 18.9. The van der Waals surface area contributed by atoms with Crippen molar-refractivity contribution in [3.63, 3.8) is 0 Å². The van der Waals surface area contributed by atoms with E-state index in [1.54, 1.807) is 48.5 Å². The minimum atomic E-state index is -1.14. The quantitative estimate of drug-likeness (QED) is 0.459. The minimum Gasteiger partial charge on any atom is -0.459 e. The molecule has 2 aromatic carbocycles. The fourth-order valence-corrected chi connectivity index (χ4v) is 2.66. The molecule has 0 aliphatic rings. The van der Waals surface area contributed by atoms with Crippen LogP contribution in [0.4, 0.5) is 5.69 Å². The minimum absolute atomic E-state index is 0.213. The van der Waals surface area contributed by atoms with Crippen LogP contribution in [0, 0.1) is 0 Å². The molecule has 3 aromatic rings. The van der Waals surface area contributed by atoms with Crippen LogP contribution in [0.3, 0.4) is 0 Å². The van der Waals surface area contributed by atoms with Crippen molar-refractivity contribution in [2.24, 2.45) is 4.99 Å². The number of rotatable bonds is 5. The molecule has 7 nitrogen and oxygen atoms in total. The Morgan fingerprint density at radius 1 is 1.22 bits per heavy atom. The molecule has 1 aromatic heterocycles. The van der Waals surface area contributed by atoms with E-state index in [2.05, 4.69) is 4.99 Å². The number of aliphatic hydroxyl groups excluding tert-OH is 2. The Bertz CT molecular complexity index is 1050. The number of esters is 1. The van der Waals surface area contributed by atoms with E-state index < -0.39 is 18.7 Å². The summed E-state index contributed by atoms with van der Waals surface area (Å²) in [7, 11) is 0. The van der Waals surface area contributed by atoms with Crippen molar-refractivity contribution in [3.05, 3.63) is 70.7 Å². The van der Waals surface area contributed by atoms with Crippen molar-refractivity contribution < 1.29 is 25.0 Å². The number of aromatic nitrogens is 1. The summed E-state index contributed by atoms with van der Waals surface area (Å²) in [5, 5.41) is 29.8. The Morgan fingerprint density at radius 3 is 2.78 bits per heavy atom. The number of ether oxygens (including phenoxy) is 1. The summed E-state index contributed by atoms with van der Waals surface area (Å²) in [6.45, 7) is -0.819. The largest absolute Gasteiger partial charge is 0.459 e. The molecule has 8 heteroatoms. The molecule has 0 amide bonds. The van der Waals surface area contributed by atoms with Crippen LogP contribution in [0.1, 0.15) is 10.4 Å². The van der Waals surface area contributed by atoms with Crippen LogP contribution in [-0.4, -0.2) is 45.4 Å². The van der Waals surface area contributed by atoms with E-state index in [-0.39, 0.29) is 12.2 Å². The molecule has 0 unspecified atom stereocenters. The molecule has 0 radical (unpaired) electrons. The van der Waals surface area contributed by atoms with E-state index in [4.69, 9.17) is 21.4 Å². The van der Waals surface area contributed by atoms with Crippen molar-refractivity contribution in [1.82, 2.24) is 4.73 Å². The summed E-state index contributed by atoms with van der Waals surface area (Å²) < 4.78 is 5.95. The highest BCUT2D eigenvalue weighted by atomic mass is 35.5. The number of benzene rings is 2. The zero-order chi connectivity index (χ0) is 19.4. The lowest BCUT2D eigenvalue weighted by Crippen LogP contribution is -2.22. The van der Waals surface area contributed by atoms with Crippen LogP contribution in [0.2, 0.25) is 5.02 Å². The molecule has 1 atom stereocenters. The van der Waals surface area contributed by atoms with Crippen molar-refractivity contribution in [3.8, 4) is 0 Å². The second-order valence-electron chi connectivity index (χ2n) is 5.77. The predicted molar refractivity (Wildman–Crippen MR) is 99.2 cm³/mol. The van der Waals surface area contributed by atoms with E-state index in [0.29, 0.717) is 27.0 Å². The van der Waals surface area contributed by atoms with Gasteiger partial charge in [-0.15, -0.1) is 0 Å². The maximum atomic E-state index is 12.3. The van der Waals surface area contributed by atoms with Gasteiger partial charge in [-0.05, 0) is 36.4 Å². The van der Waals surface area contributed by atoms with Crippen LogP contribution < -0.4 is 5.36 Å². The summed E-state index contributed by atoms with van der Waals surface area (Å²) in [5.74, 6) is -0.664. The normalized spacial score (nSPS) is 12.9. The standard InChI is InChI=1S/C19H17ClN2O5/c20-12-5-6-14-17(7-8-22(26)18(14)9-12)21-16-4-2-1-3-15(16)19(25)27-11-13(24)10-23/h1-9,13,23-24,26H,10-11H2/t13-/m1/s1. The third kappa shape index (κ3) is 4.28. The molecule has 0 spiro atoms. The Kier molecular flexibility index (Phi) is 5.75. The van der Waals surface area contributed by atoms with Gasteiger partial charge in [0, 0.05) is 16.6 Å². The van der Waals surface area contributed by atoms with Gasteiger partial charge in [-0.1, -0.05) is 23.7 Å². The SMILES string of the molecule is O=C(OC[C@H](O)CO)c1ccccc1N=c1ccn(O)c2cc(Cl)ccc12. The van der Waals surface area contributed by atoms with Crippen molar-refractivity contribution in [1.29, 1.82) is 0 Å². The smallest absolute Gasteiger partial charge is 0.340 e. The lowest BCUT2D eigenvalue weighted by atomic mass is 10.1. The molecule has 0 aliphatic carbocycles. The molecule has 3 N–H and O–H groups in total. The number of hydrogen-bond donors (Lipinski definition) is 3. The van der Waals surface area contributed by atoms with Gasteiger partial charge in [0.1, 0.15) is 12.7 Å². The van der Waals surface area contributed by atoms with Gasteiger partial charge in [0.05, 0.1) is 28.7 Å². The van der Waals surface area contributed by atoms with Gasteiger partial charge < -0.3 is 20.2 Å². The molecular weight excluding hydrogens is 372 g/mol. The van der Waals surface area contributed by atoms with Crippen LogP contribution in [0.25, 0.3) is 10.9 Å². The lowest BCUT2D eigenvalue weighted by Gasteiger charge is -2.10. The van der Waals surface area contributed by atoms with E-state index in [0.717, 1.165) is 4.73 Å². The third-order valence-electron chi connectivity index (χ3n) is 3.84. The molecule has 1 heterocycles.